The number of rotatable bonds is 6. The first kappa shape index (κ1) is 17.1. The summed E-state index contributed by atoms with van der Waals surface area (Å²) in [4.78, 5) is 25.1. The van der Waals surface area contributed by atoms with Gasteiger partial charge < -0.3 is 9.73 Å². The van der Waals surface area contributed by atoms with Crippen molar-refractivity contribution in [2.75, 3.05) is 6.54 Å². The summed E-state index contributed by atoms with van der Waals surface area (Å²) in [7, 11) is 0. The van der Waals surface area contributed by atoms with Gasteiger partial charge in [0.05, 0.1) is 6.20 Å². The van der Waals surface area contributed by atoms with Gasteiger partial charge in [0.1, 0.15) is 5.69 Å². The molecule has 0 aliphatic rings. The molecule has 25 heavy (non-hydrogen) atoms. The van der Waals surface area contributed by atoms with E-state index in [1.807, 2.05) is 0 Å². The van der Waals surface area contributed by atoms with Crippen LogP contribution in [0.4, 0.5) is 0 Å². The Morgan fingerprint density at radius 1 is 1.24 bits per heavy atom. The lowest BCUT2D eigenvalue weighted by atomic mass is 10.1. The molecule has 128 valence electrons. The van der Waals surface area contributed by atoms with Gasteiger partial charge in [-0.2, -0.15) is 0 Å². The van der Waals surface area contributed by atoms with Crippen LogP contribution in [0.3, 0.4) is 0 Å². The molecule has 0 saturated heterocycles. The van der Waals surface area contributed by atoms with Gasteiger partial charge in [0.15, 0.2) is 11.5 Å². The number of carbonyl (C=O) groups excluding carboxylic acids is 1. The van der Waals surface area contributed by atoms with Crippen molar-refractivity contribution in [1.82, 2.24) is 20.3 Å². The van der Waals surface area contributed by atoms with Crippen LogP contribution in [0.25, 0.3) is 22.9 Å². The number of hydrogen-bond acceptors (Lipinski definition) is 5. The van der Waals surface area contributed by atoms with E-state index in [0.29, 0.717) is 28.6 Å². The van der Waals surface area contributed by atoms with E-state index in [4.69, 9.17) is 16.0 Å². The fourth-order valence-electron chi connectivity index (χ4n) is 2.25. The Bertz CT molecular complexity index is 847. The van der Waals surface area contributed by atoms with E-state index >= 15 is 0 Å². The summed E-state index contributed by atoms with van der Waals surface area (Å²) < 4.78 is 5.84. The van der Waals surface area contributed by atoms with Gasteiger partial charge in [-0.05, 0) is 30.7 Å². The third kappa shape index (κ3) is 4.03. The molecule has 2 aromatic heterocycles. The Hall–Kier alpha value is -2.73. The Labute approximate surface area is 150 Å². The molecule has 1 N–H and O–H groups in total. The molecule has 0 spiro atoms. The maximum Gasteiger partial charge on any atom is 0.273 e. The van der Waals surface area contributed by atoms with Crippen LogP contribution in [0, 0.1) is 0 Å². The quantitative estimate of drug-likeness (QED) is 0.675. The van der Waals surface area contributed by atoms with Crippen molar-refractivity contribution in [3.05, 3.63) is 53.6 Å². The van der Waals surface area contributed by atoms with Crippen LogP contribution in [0.2, 0.25) is 5.02 Å². The summed E-state index contributed by atoms with van der Waals surface area (Å²) in [6.07, 6.45) is 6.54. The number of nitrogens with one attached hydrogen (secondary N) is 1. The highest BCUT2D eigenvalue weighted by Gasteiger charge is 2.22. The molecular formula is C18H17ClN4O2. The predicted molar refractivity (Wildman–Crippen MR) is 95.2 cm³/mol. The highest BCUT2D eigenvalue weighted by atomic mass is 35.5. The standard InChI is InChI=1S/C18H17ClN4O2/c1-2-3-8-22-17(24)15-16(12-4-6-13(19)7-5-12)25-18(23-15)14-11-20-9-10-21-14/h4-7,9-11H,2-3,8H2,1H3,(H,22,24). The second kappa shape index (κ2) is 7.90. The molecule has 1 aromatic carbocycles. The van der Waals surface area contributed by atoms with Crippen LogP contribution >= 0.6 is 11.6 Å². The van der Waals surface area contributed by atoms with E-state index in [1.165, 1.54) is 6.20 Å². The van der Waals surface area contributed by atoms with Crippen molar-refractivity contribution in [3.8, 4) is 22.9 Å². The fraction of sp³-hybridized carbons (Fsp3) is 0.222. The van der Waals surface area contributed by atoms with Crippen LogP contribution in [-0.2, 0) is 0 Å². The third-order valence-corrected chi connectivity index (χ3v) is 3.80. The first-order valence-corrected chi connectivity index (χ1v) is 8.38. The number of nitrogens with zero attached hydrogens (tertiary/aromatic N) is 3. The van der Waals surface area contributed by atoms with E-state index in [0.717, 1.165) is 12.8 Å². The first-order chi connectivity index (χ1) is 12.2. The van der Waals surface area contributed by atoms with E-state index < -0.39 is 0 Å². The molecule has 0 aliphatic heterocycles. The van der Waals surface area contributed by atoms with Crippen molar-refractivity contribution in [3.63, 3.8) is 0 Å². The number of carbonyl (C=O) groups is 1. The summed E-state index contributed by atoms with van der Waals surface area (Å²) in [6.45, 7) is 2.65. The Morgan fingerprint density at radius 2 is 2.04 bits per heavy atom. The van der Waals surface area contributed by atoms with Crippen LogP contribution in [0.15, 0.2) is 47.3 Å². The van der Waals surface area contributed by atoms with E-state index in [1.54, 1.807) is 36.7 Å². The largest absolute Gasteiger partial charge is 0.434 e. The molecule has 0 unspecified atom stereocenters. The summed E-state index contributed by atoms with van der Waals surface area (Å²) >= 11 is 5.94. The van der Waals surface area contributed by atoms with Crippen molar-refractivity contribution in [2.45, 2.75) is 19.8 Å². The number of unbranched alkanes of at least 4 members (excludes halogenated alkanes) is 1. The van der Waals surface area contributed by atoms with Gasteiger partial charge >= 0.3 is 0 Å². The zero-order valence-corrected chi connectivity index (χ0v) is 14.5. The Kier molecular flexibility index (Phi) is 5.40. The SMILES string of the molecule is CCCCNC(=O)c1nc(-c2cnccn2)oc1-c1ccc(Cl)cc1. The molecule has 0 bridgehead atoms. The molecule has 1 amide bonds. The van der Waals surface area contributed by atoms with Crippen LogP contribution < -0.4 is 5.32 Å². The number of amides is 1. The number of oxazole rings is 1. The molecular weight excluding hydrogens is 340 g/mol. The second-order valence-corrected chi connectivity index (χ2v) is 5.84. The molecule has 7 heteroatoms. The van der Waals surface area contributed by atoms with Gasteiger partial charge in [-0.25, -0.2) is 9.97 Å². The Morgan fingerprint density at radius 3 is 2.72 bits per heavy atom. The molecule has 0 saturated carbocycles. The molecule has 3 aromatic rings. The Balaban J connectivity index is 2.00. The molecule has 6 nitrogen and oxygen atoms in total. The second-order valence-electron chi connectivity index (χ2n) is 5.40. The number of hydrogen-bond donors (Lipinski definition) is 1. The maximum atomic E-state index is 12.5. The van der Waals surface area contributed by atoms with Gasteiger partial charge in [-0.15, -0.1) is 0 Å². The molecule has 0 fully saturated rings. The highest BCUT2D eigenvalue weighted by molar-refractivity contribution is 6.30. The molecule has 2 heterocycles. The van der Waals surface area contributed by atoms with Crippen molar-refractivity contribution >= 4 is 17.5 Å². The van der Waals surface area contributed by atoms with Crippen LogP contribution in [-0.4, -0.2) is 27.4 Å². The van der Waals surface area contributed by atoms with Crippen molar-refractivity contribution < 1.29 is 9.21 Å². The lowest BCUT2D eigenvalue weighted by Gasteiger charge is -2.03. The zero-order valence-electron chi connectivity index (χ0n) is 13.7. The first-order valence-electron chi connectivity index (χ1n) is 8.00. The number of halogens is 1. The summed E-state index contributed by atoms with van der Waals surface area (Å²) in [5, 5.41) is 3.47. The summed E-state index contributed by atoms with van der Waals surface area (Å²) in [5.74, 6) is 0.349. The van der Waals surface area contributed by atoms with Gasteiger partial charge in [-0.3, -0.25) is 9.78 Å². The monoisotopic (exact) mass is 356 g/mol. The fourth-order valence-corrected chi connectivity index (χ4v) is 2.38. The minimum absolute atomic E-state index is 0.221. The molecule has 0 atom stereocenters. The van der Waals surface area contributed by atoms with Crippen molar-refractivity contribution in [2.24, 2.45) is 0 Å². The van der Waals surface area contributed by atoms with Gasteiger partial charge in [0, 0.05) is 29.5 Å². The molecule has 0 radical (unpaired) electrons. The van der Waals surface area contributed by atoms with Crippen molar-refractivity contribution in [1.29, 1.82) is 0 Å². The lowest BCUT2D eigenvalue weighted by Crippen LogP contribution is -2.25. The smallest absolute Gasteiger partial charge is 0.273 e. The minimum atomic E-state index is -0.280. The van der Waals surface area contributed by atoms with E-state index in [9.17, 15) is 4.79 Å². The van der Waals surface area contributed by atoms with Gasteiger partial charge in [0.25, 0.3) is 5.91 Å². The van der Waals surface area contributed by atoms with Crippen LogP contribution in [0.1, 0.15) is 30.3 Å². The van der Waals surface area contributed by atoms with E-state index in [2.05, 4.69) is 27.2 Å². The third-order valence-electron chi connectivity index (χ3n) is 3.55. The average Bonchev–Trinajstić information content (AvgIpc) is 3.09. The normalized spacial score (nSPS) is 10.6. The van der Waals surface area contributed by atoms with E-state index in [-0.39, 0.29) is 17.5 Å². The number of benzene rings is 1. The summed E-state index contributed by atoms with van der Waals surface area (Å²) in [5.41, 5.74) is 1.40. The van der Waals surface area contributed by atoms with Gasteiger partial charge in [0.2, 0.25) is 5.89 Å². The summed E-state index contributed by atoms with van der Waals surface area (Å²) in [6, 6.07) is 7.04. The number of aromatic nitrogens is 3. The topological polar surface area (TPSA) is 80.9 Å². The minimum Gasteiger partial charge on any atom is -0.434 e. The predicted octanol–water partition coefficient (Wildman–Crippen LogP) is 3.98. The van der Waals surface area contributed by atoms with Gasteiger partial charge in [-0.1, -0.05) is 24.9 Å². The zero-order chi connectivity index (χ0) is 17.6. The average molecular weight is 357 g/mol. The maximum absolute atomic E-state index is 12.5. The van der Waals surface area contributed by atoms with Crippen LogP contribution in [0.5, 0.6) is 0 Å². The molecule has 0 aliphatic carbocycles. The molecule has 3 rings (SSSR count). The highest BCUT2D eigenvalue weighted by Crippen LogP contribution is 2.29. The lowest BCUT2D eigenvalue weighted by molar-refractivity contribution is 0.0949.